The number of aromatic hydroxyl groups is 2. The number of benzene rings is 2. The maximum atomic E-state index is 13.3. The van der Waals surface area contributed by atoms with E-state index in [1.165, 1.54) is 0 Å². The molecule has 0 atom stereocenters. The van der Waals surface area contributed by atoms with Crippen molar-refractivity contribution in [2.75, 3.05) is 0 Å². The molecule has 0 unspecified atom stereocenters. The van der Waals surface area contributed by atoms with Crippen LogP contribution in [0.4, 0.5) is 17.6 Å². The van der Waals surface area contributed by atoms with E-state index in [4.69, 9.17) is 4.42 Å². The van der Waals surface area contributed by atoms with Crippen molar-refractivity contribution in [2.24, 2.45) is 0 Å². The molecule has 0 fully saturated rings. The molecule has 1 heterocycles. The van der Waals surface area contributed by atoms with Crippen LogP contribution in [0, 0.1) is 5.82 Å². The molecule has 0 amide bonds. The minimum absolute atomic E-state index is 0.188. The summed E-state index contributed by atoms with van der Waals surface area (Å²) in [5, 5.41) is 18.7. The largest absolute Gasteiger partial charge is 0.504 e. The van der Waals surface area contributed by atoms with E-state index in [9.17, 15) is 32.6 Å². The predicted octanol–water partition coefficient (Wildman–Crippen LogP) is 4.03. The zero-order valence-electron chi connectivity index (χ0n) is 11.7. The van der Waals surface area contributed by atoms with Gasteiger partial charge in [0, 0.05) is 0 Å². The standard InChI is InChI=1S/C16H8F4O4/c17-8-3-1-7(2-4-8)11-12(22)9-5-6-10(21)13(23)14(9)24-15(11)16(18,19)20/h1-6,21,23H. The second-order valence-electron chi connectivity index (χ2n) is 4.95. The number of phenols is 2. The third-order valence-corrected chi connectivity index (χ3v) is 3.40. The third-order valence-electron chi connectivity index (χ3n) is 3.40. The maximum absolute atomic E-state index is 13.3. The highest BCUT2D eigenvalue weighted by atomic mass is 19.4. The van der Waals surface area contributed by atoms with E-state index < -0.39 is 45.8 Å². The first-order valence-electron chi connectivity index (χ1n) is 6.55. The Labute approximate surface area is 131 Å². The zero-order chi connectivity index (χ0) is 17.6. The van der Waals surface area contributed by atoms with Gasteiger partial charge in [0.25, 0.3) is 0 Å². The molecule has 0 aliphatic heterocycles. The van der Waals surface area contributed by atoms with Crippen molar-refractivity contribution < 1.29 is 32.2 Å². The smallest absolute Gasteiger partial charge is 0.450 e. The van der Waals surface area contributed by atoms with E-state index in [-0.39, 0.29) is 10.9 Å². The third kappa shape index (κ3) is 2.45. The normalized spacial score (nSPS) is 11.8. The Morgan fingerprint density at radius 3 is 2.17 bits per heavy atom. The van der Waals surface area contributed by atoms with Crippen LogP contribution >= 0.6 is 0 Å². The van der Waals surface area contributed by atoms with Crippen LogP contribution in [0.25, 0.3) is 22.1 Å². The summed E-state index contributed by atoms with van der Waals surface area (Å²) >= 11 is 0. The summed E-state index contributed by atoms with van der Waals surface area (Å²) in [7, 11) is 0. The van der Waals surface area contributed by atoms with E-state index in [0.29, 0.717) is 0 Å². The summed E-state index contributed by atoms with van der Waals surface area (Å²) in [6.07, 6.45) is -5.05. The fourth-order valence-corrected chi connectivity index (χ4v) is 2.31. The van der Waals surface area contributed by atoms with E-state index in [1.54, 1.807) is 0 Å². The molecular weight excluding hydrogens is 332 g/mol. The number of phenolic OH excluding ortho intramolecular Hbond substituents is 2. The van der Waals surface area contributed by atoms with Crippen LogP contribution in [0.15, 0.2) is 45.6 Å². The summed E-state index contributed by atoms with van der Waals surface area (Å²) in [4.78, 5) is 12.5. The highest BCUT2D eigenvalue weighted by molar-refractivity contribution is 5.88. The minimum Gasteiger partial charge on any atom is -0.504 e. The van der Waals surface area contributed by atoms with Gasteiger partial charge in [0.05, 0.1) is 10.9 Å². The molecule has 3 aromatic rings. The Balaban J connectivity index is 2.48. The molecule has 3 rings (SSSR count). The highest BCUT2D eigenvalue weighted by Crippen LogP contribution is 2.40. The Morgan fingerprint density at radius 2 is 1.58 bits per heavy atom. The van der Waals surface area contributed by atoms with Crippen LogP contribution in [-0.4, -0.2) is 10.2 Å². The van der Waals surface area contributed by atoms with Gasteiger partial charge in [-0.3, -0.25) is 4.79 Å². The Morgan fingerprint density at radius 1 is 0.958 bits per heavy atom. The van der Waals surface area contributed by atoms with Crippen molar-refractivity contribution in [1.29, 1.82) is 0 Å². The Hall–Kier alpha value is -3.03. The van der Waals surface area contributed by atoms with E-state index in [1.807, 2.05) is 0 Å². The topological polar surface area (TPSA) is 70.7 Å². The molecule has 0 aliphatic rings. The first-order valence-corrected chi connectivity index (χ1v) is 6.55. The Bertz CT molecular complexity index is 988. The minimum atomic E-state index is -5.05. The molecule has 0 aliphatic carbocycles. The number of hydrogen-bond acceptors (Lipinski definition) is 4. The molecule has 0 saturated carbocycles. The molecule has 124 valence electrons. The van der Waals surface area contributed by atoms with Crippen molar-refractivity contribution in [3.8, 4) is 22.6 Å². The molecule has 24 heavy (non-hydrogen) atoms. The molecular formula is C16H8F4O4. The molecule has 8 heteroatoms. The summed E-state index contributed by atoms with van der Waals surface area (Å²) in [6.45, 7) is 0. The van der Waals surface area contributed by atoms with E-state index in [0.717, 1.165) is 36.4 Å². The first kappa shape index (κ1) is 15.9. The van der Waals surface area contributed by atoms with Crippen molar-refractivity contribution in [3.63, 3.8) is 0 Å². The van der Waals surface area contributed by atoms with Crippen LogP contribution < -0.4 is 5.43 Å². The van der Waals surface area contributed by atoms with Gasteiger partial charge >= 0.3 is 6.18 Å². The molecule has 0 bridgehead atoms. The van der Waals surface area contributed by atoms with Crippen molar-refractivity contribution in [3.05, 3.63) is 58.2 Å². The first-order chi connectivity index (χ1) is 11.2. The zero-order valence-corrected chi connectivity index (χ0v) is 11.7. The monoisotopic (exact) mass is 340 g/mol. The summed E-state index contributed by atoms with van der Waals surface area (Å²) in [5.41, 5.74) is -2.84. The summed E-state index contributed by atoms with van der Waals surface area (Å²) in [6, 6.07) is 5.84. The van der Waals surface area contributed by atoms with Crippen molar-refractivity contribution >= 4 is 11.0 Å². The van der Waals surface area contributed by atoms with Crippen LogP contribution in [-0.2, 0) is 6.18 Å². The maximum Gasteiger partial charge on any atom is 0.450 e. The van der Waals surface area contributed by atoms with Gasteiger partial charge in [0.1, 0.15) is 5.82 Å². The number of hydrogen-bond donors (Lipinski definition) is 2. The number of rotatable bonds is 1. The van der Waals surface area contributed by atoms with Crippen LogP contribution in [0.2, 0.25) is 0 Å². The molecule has 4 nitrogen and oxygen atoms in total. The Kier molecular flexibility index (Phi) is 3.47. The van der Waals surface area contributed by atoms with Gasteiger partial charge < -0.3 is 14.6 Å². The molecule has 2 aromatic carbocycles. The number of fused-ring (bicyclic) bond motifs is 1. The fourth-order valence-electron chi connectivity index (χ4n) is 2.31. The van der Waals surface area contributed by atoms with Gasteiger partial charge in [-0.05, 0) is 29.8 Å². The summed E-state index contributed by atoms with van der Waals surface area (Å²) in [5.74, 6) is -4.03. The lowest BCUT2D eigenvalue weighted by Gasteiger charge is -2.13. The van der Waals surface area contributed by atoms with Crippen molar-refractivity contribution in [2.45, 2.75) is 6.18 Å². The van der Waals surface area contributed by atoms with Crippen LogP contribution in [0.5, 0.6) is 11.5 Å². The van der Waals surface area contributed by atoms with Gasteiger partial charge in [-0.15, -0.1) is 0 Å². The number of halogens is 4. The quantitative estimate of drug-likeness (QED) is 0.518. The molecule has 2 N–H and O–H groups in total. The second-order valence-corrected chi connectivity index (χ2v) is 4.95. The molecule has 1 aromatic heterocycles. The molecule has 0 saturated heterocycles. The second kappa shape index (κ2) is 5.26. The average molecular weight is 340 g/mol. The SMILES string of the molecule is O=c1c(-c2ccc(F)cc2)c(C(F)(F)F)oc2c(O)c(O)ccc12. The van der Waals surface area contributed by atoms with Gasteiger partial charge in [-0.25, -0.2) is 4.39 Å². The van der Waals surface area contributed by atoms with E-state index in [2.05, 4.69) is 0 Å². The highest BCUT2D eigenvalue weighted by Gasteiger charge is 2.39. The lowest BCUT2D eigenvalue weighted by atomic mass is 10.0. The van der Waals surface area contributed by atoms with Gasteiger partial charge in [0.15, 0.2) is 11.3 Å². The molecule has 0 radical (unpaired) electrons. The van der Waals surface area contributed by atoms with Gasteiger partial charge in [-0.1, -0.05) is 12.1 Å². The van der Waals surface area contributed by atoms with Crippen LogP contribution in [0.3, 0.4) is 0 Å². The lowest BCUT2D eigenvalue weighted by Crippen LogP contribution is -2.16. The molecule has 0 spiro atoms. The fraction of sp³-hybridized carbons (Fsp3) is 0.0625. The van der Waals surface area contributed by atoms with Gasteiger partial charge in [-0.2, -0.15) is 13.2 Å². The predicted molar refractivity (Wildman–Crippen MR) is 76.2 cm³/mol. The summed E-state index contributed by atoms with van der Waals surface area (Å²) < 4.78 is 57.6. The van der Waals surface area contributed by atoms with Gasteiger partial charge in [0.2, 0.25) is 16.9 Å². The number of alkyl halides is 3. The van der Waals surface area contributed by atoms with E-state index >= 15 is 0 Å². The lowest BCUT2D eigenvalue weighted by molar-refractivity contribution is -0.152. The van der Waals surface area contributed by atoms with Crippen molar-refractivity contribution in [1.82, 2.24) is 0 Å². The average Bonchev–Trinajstić information content (AvgIpc) is 2.51. The van der Waals surface area contributed by atoms with Crippen LogP contribution in [0.1, 0.15) is 5.76 Å².